The SMILES string of the molecule is CC.CCc1ccc(/C(SC)=C(/C)Cl)cc1. The highest BCUT2D eigenvalue weighted by atomic mass is 35.5. The van der Waals surface area contributed by atoms with Crippen molar-refractivity contribution in [2.45, 2.75) is 34.1 Å². The Hall–Kier alpha value is -0.400. The van der Waals surface area contributed by atoms with Crippen LogP contribution in [0.3, 0.4) is 0 Å². The van der Waals surface area contributed by atoms with Crippen molar-refractivity contribution in [1.29, 1.82) is 0 Å². The third-order valence-corrected chi connectivity index (χ3v) is 3.39. The predicted octanol–water partition coefficient (Wildman–Crippen LogP) is 5.57. The van der Waals surface area contributed by atoms with E-state index in [-0.39, 0.29) is 0 Å². The minimum atomic E-state index is 0.863. The number of halogens is 1. The fraction of sp³-hybridized carbons (Fsp3) is 0.429. The van der Waals surface area contributed by atoms with Crippen molar-refractivity contribution in [2.75, 3.05) is 6.26 Å². The van der Waals surface area contributed by atoms with Gasteiger partial charge in [0.2, 0.25) is 0 Å². The van der Waals surface area contributed by atoms with Crippen LogP contribution < -0.4 is 0 Å². The molecule has 0 spiro atoms. The largest absolute Gasteiger partial charge is 0.128 e. The number of thioether (sulfide) groups is 1. The molecule has 0 saturated heterocycles. The van der Waals surface area contributed by atoms with E-state index in [0.717, 1.165) is 16.4 Å². The summed E-state index contributed by atoms with van der Waals surface area (Å²) in [5.74, 6) is 0. The fourth-order valence-electron chi connectivity index (χ4n) is 1.35. The molecule has 0 aliphatic carbocycles. The van der Waals surface area contributed by atoms with Crippen LogP contribution in [0, 0.1) is 0 Å². The number of hydrogen-bond donors (Lipinski definition) is 0. The van der Waals surface area contributed by atoms with Crippen molar-refractivity contribution >= 4 is 28.3 Å². The van der Waals surface area contributed by atoms with E-state index in [1.807, 2.05) is 20.8 Å². The molecule has 1 aromatic carbocycles. The molecule has 0 N–H and O–H groups in total. The molecule has 0 saturated carbocycles. The summed E-state index contributed by atoms with van der Waals surface area (Å²) < 4.78 is 0. The van der Waals surface area contributed by atoms with Gasteiger partial charge >= 0.3 is 0 Å². The van der Waals surface area contributed by atoms with Gasteiger partial charge in [-0.25, -0.2) is 0 Å². The van der Waals surface area contributed by atoms with E-state index >= 15 is 0 Å². The zero-order valence-electron chi connectivity index (χ0n) is 10.8. The maximum atomic E-state index is 6.01. The lowest BCUT2D eigenvalue weighted by atomic mass is 10.1. The Bertz CT molecular complexity index is 321. The number of benzene rings is 1. The van der Waals surface area contributed by atoms with Crippen LogP contribution in [0.5, 0.6) is 0 Å². The summed E-state index contributed by atoms with van der Waals surface area (Å²) in [5, 5.41) is 0.863. The normalized spacial score (nSPS) is 11.4. The van der Waals surface area contributed by atoms with Crippen LogP contribution in [-0.4, -0.2) is 6.26 Å². The zero-order chi connectivity index (χ0) is 12.6. The maximum Gasteiger partial charge on any atom is 0.0291 e. The molecular weight excluding hydrogens is 236 g/mol. The smallest absolute Gasteiger partial charge is 0.0291 e. The molecule has 0 bridgehead atoms. The Labute approximate surface area is 109 Å². The molecule has 0 aliphatic rings. The molecule has 2 heteroatoms. The molecular formula is C14H21ClS. The van der Waals surface area contributed by atoms with Crippen LogP contribution in [-0.2, 0) is 6.42 Å². The number of rotatable bonds is 3. The highest BCUT2D eigenvalue weighted by Gasteiger charge is 2.02. The first-order valence-electron chi connectivity index (χ1n) is 5.68. The van der Waals surface area contributed by atoms with Gasteiger partial charge < -0.3 is 0 Å². The second kappa shape index (κ2) is 8.72. The quantitative estimate of drug-likeness (QED) is 0.682. The van der Waals surface area contributed by atoms with E-state index in [9.17, 15) is 0 Å². The molecule has 0 amide bonds. The van der Waals surface area contributed by atoms with Gasteiger partial charge in [-0.1, -0.05) is 56.6 Å². The van der Waals surface area contributed by atoms with E-state index in [0.29, 0.717) is 0 Å². The van der Waals surface area contributed by atoms with Gasteiger partial charge in [0, 0.05) is 9.94 Å². The first kappa shape index (κ1) is 15.6. The first-order chi connectivity index (χ1) is 7.69. The molecule has 0 radical (unpaired) electrons. The average molecular weight is 257 g/mol. The maximum absolute atomic E-state index is 6.01. The van der Waals surface area contributed by atoms with E-state index < -0.39 is 0 Å². The van der Waals surface area contributed by atoms with Gasteiger partial charge in [0.1, 0.15) is 0 Å². The Morgan fingerprint density at radius 2 is 1.69 bits per heavy atom. The van der Waals surface area contributed by atoms with E-state index in [4.69, 9.17) is 11.6 Å². The minimum absolute atomic E-state index is 0.863. The van der Waals surface area contributed by atoms with E-state index in [1.165, 1.54) is 11.1 Å². The summed E-state index contributed by atoms with van der Waals surface area (Å²) in [6.45, 7) is 8.09. The van der Waals surface area contributed by atoms with Gasteiger partial charge in [-0.2, -0.15) is 0 Å². The topological polar surface area (TPSA) is 0 Å². The first-order valence-corrected chi connectivity index (χ1v) is 7.29. The number of allylic oxidation sites excluding steroid dienone is 1. The molecule has 1 aromatic rings. The van der Waals surface area contributed by atoms with Crippen LogP contribution in [0.2, 0.25) is 0 Å². The molecule has 0 heterocycles. The van der Waals surface area contributed by atoms with Crippen LogP contribution in [0.4, 0.5) is 0 Å². The summed E-state index contributed by atoms with van der Waals surface area (Å²) in [5.41, 5.74) is 2.57. The monoisotopic (exact) mass is 256 g/mol. The van der Waals surface area contributed by atoms with E-state index in [1.54, 1.807) is 11.8 Å². The second-order valence-electron chi connectivity index (χ2n) is 3.12. The Morgan fingerprint density at radius 3 is 2.00 bits per heavy atom. The van der Waals surface area contributed by atoms with Crippen LogP contribution in [0.1, 0.15) is 38.8 Å². The Balaban J connectivity index is 0.00000106. The Morgan fingerprint density at radius 1 is 1.19 bits per heavy atom. The lowest BCUT2D eigenvalue weighted by Gasteiger charge is -2.06. The summed E-state index contributed by atoms with van der Waals surface area (Å²) in [7, 11) is 0. The van der Waals surface area contributed by atoms with Gasteiger partial charge in [-0.15, -0.1) is 11.8 Å². The van der Waals surface area contributed by atoms with Crippen molar-refractivity contribution in [2.24, 2.45) is 0 Å². The fourth-order valence-corrected chi connectivity index (χ4v) is 2.34. The molecule has 0 atom stereocenters. The molecule has 0 aliphatic heterocycles. The molecule has 16 heavy (non-hydrogen) atoms. The average Bonchev–Trinajstić information content (AvgIpc) is 2.33. The van der Waals surface area contributed by atoms with Crippen molar-refractivity contribution in [1.82, 2.24) is 0 Å². The summed E-state index contributed by atoms with van der Waals surface area (Å²) in [6.07, 6.45) is 3.13. The number of aryl methyl sites for hydroxylation is 1. The zero-order valence-corrected chi connectivity index (χ0v) is 12.4. The van der Waals surface area contributed by atoms with Gasteiger partial charge in [0.25, 0.3) is 0 Å². The summed E-state index contributed by atoms with van der Waals surface area (Å²) >= 11 is 7.70. The van der Waals surface area contributed by atoms with Crippen LogP contribution in [0.15, 0.2) is 29.3 Å². The van der Waals surface area contributed by atoms with Crippen molar-refractivity contribution in [3.05, 3.63) is 40.4 Å². The molecule has 90 valence electrons. The molecule has 1 rings (SSSR count). The van der Waals surface area contributed by atoms with Crippen LogP contribution in [0.25, 0.3) is 4.91 Å². The van der Waals surface area contributed by atoms with Crippen molar-refractivity contribution < 1.29 is 0 Å². The predicted molar refractivity (Wildman–Crippen MR) is 79.1 cm³/mol. The van der Waals surface area contributed by atoms with Gasteiger partial charge in [-0.3, -0.25) is 0 Å². The van der Waals surface area contributed by atoms with Crippen LogP contribution >= 0.6 is 23.4 Å². The second-order valence-corrected chi connectivity index (χ2v) is 4.50. The molecule has 0 unspecified atom stereocenters. The van der Waals surface area contributed by atoms with Gasteiger partial charge in [0.15, 0.2) is 0 Å². The molecule has 0 aromatic heterocycles. The highest BCUT2D eigenvalue weighted by molar-refractivity contribution is 8.07. The number of hydrogen-bond acceptors (Lipinski definition) is 1. The lowest BCUT2D eigenvalue weighted by molar-refractivity contribution is 1.14. The lowest BCUT2D eigenvalue weighted by Crippen LogP contribution is -1.84. The van der Waals surface area contributed by atoms with Crippen molar-refractivity contribution in [3.8, 4) is 0 Å². The summed E-state index contributed by atoms with van der Waals surface area (Å²) in [6, 6.07) is 8.59. The molecule has 0 fully saturated rings. The highest BCUT2D eigenvalue weighted by Crippen LogP contribution is 2.30. The third-order valence-electron chi connectivity index (χ3n) is 2.14. The standard InChI is InChI=1S/C12H15ClS.C2H6/c1-4-10-5-7-11(8-6-10)12(14-3)9(2)13;1-2/h5-8H,4H2,1-3H3;1-2H3/b12-9+;. The summed E-state index contributed by atoms with van der Waals surface area (Å²) in [4.78, 5) is 1.16. The van der Waals surface area contributed by atoms with Crippen molar-refractivity contribution in [3.63, 3.8) is 0 Å². The third kappa shape index (κ3) is 4.63. The minimum Gasteiger partial charge on any atom is -0.128 e. The van der Waals surface area contributed by atoms with Gasteiger partial charge in [-0.05, 0) is 30.7 Å². The van der Waals surface area contributed by atoms with E-state index in [2.05, 4.69) is 37.4 Å². The van der Waals surface area contributed by atoms with Gasteiger partial charge in [0.05, 0.1) is 0 Å². The Kier molecular flexibility index (Phi) is 8.50. The molecule has 0 nitrogen and oxygen atoms in total.